The summed E-state index contributed by atoms with van der Waals surface area (Å²) in [7, 11) is 0. The molecule has 104 valence electrons. The van der Waals surface area contributed by atoms with Gasteiger partial charge in [-0.25, -0.2) is 0 Å². The van der Waals surface area contributed by atoms with Gasteiger partial charge in [0.2, 0.25) is 0 Å². The van der Waals surface area contributed by atoms with Crippen LogP contribution >= 0.6 is 0 Å². The molecule has 0 aromatic rings. The molecule has 4 bridgehead atoms. The van der Waals surface area contributed by atoms with Crippen LogP contribution in [0.2, 0.25) is 0 Å². The lowest BCUT2D eigenvalue weighted by Gasteiger charge is -2.62. The van der Waals surface area contributed by atoms with Crippen molar-refractivity contribution in [2.45, 2.75) is 57.8 Å². The van der Waals surface area contributed by atoms with Crippen molar-refractivity contribution in [1.29, 1.82) is 0 Å². The van der Waals surface area contributed by atoms with Gasteiger partial charge in [0.05, 0.1) is 0 Å². The van der Waals surface area contributed by atoms with Crippen LogP contribution in [0.4, 0.5) is 0 Å². The van der Waals surface area contributed by atoms with Crippen molar-refractivity contribution in [3.8, 4) is 0 Å². The van der Waals surface area contributed by atoms with Gasteiger partial charge in [-0.15, -0.1) is 0 Å². The Balaban J connectivity index is 1.77. The summed E-state index contributed by atoms with van der Waals surface area (Å²) in [5.74, 6) is 4.16. The molecule has 3 unspecified atom stereocenters. The molecule has 4 aliphatic carbocycles. The molecular weight excluding hydrogens is 220 g/mol. The lowest BCUT2D eigenvalue weighted by molar-refractivity contribution is -0.117. The number of hydrogen-bond acceptors (Lipinski definition) is 2. The highest BCUT2D eigenvalue weighted by atomic mass is 14.6. The van der Waals surface area contributed by atoms with Gasteiger partial charge >= 0.3 is 0 Å². The van der Waals surface area contributed by atoms with Gasteiger partial charge in [0.15, 0.2) is 0 Å². The molecule has 4 rings (SSSR count). The number of nitrogens with two attached hydrogens (primary N) is 2. The molecule has 3 atom stereocenters. The first kappa shape index (κ1) is 12.9. The van der Waals surface area contributed by atoms with E-state index in [0.717, 1.165) is 36.8 Å². The van der Waals surface area contributed by atoms with Crippen LogP contribution in [0.15, 0.2) is 0 Å². The number of hydrogen-bond donors (Lipinski definition) is 2. The molecule has 0 saturated heterocycles. The summed E-state index contributed by atoms with van der Waals surface area (Å²) in [6, 6.07) is 0. The SMILES string of the molecule is NCCCC1C2CC3CC(C2)CC1(CCCN)C3. The molecule has 2 heteroatoms. The second-order valence-electron chi connectivity index (χ2n) is 7.40. The minimum atomic E-state index is 0.684. The largest absolute Gasteiger partial charge is 0.330 e. The van der Waals surface area contributed by atoms with E-state index < -0.39 is 0 Å². The average molecular weight is 250 g/mol. The molecule has 0 radical (unpaired) electrons. The molecule has 4 N–H and O–H groups in total. The third-order valence-electron chi connectivity index (χ3n) is 6.28. The van der Waals surface area contributed by atoms with Gasteiger partial charge in [0, 0.05) is 0 Å². The van der Waals surface area contributed by atoms with Crippen LogP contribution in [0, 0.1) is 29.1 Å². The molecule has 2 nitrogen and oxygen atoms in total. The fourth-order valence-electron chi connectivity index (χ4n) is 6.04. The summed E-state index contributed by atoms with van der Waals surface area (Å²) >= 11 is 0. The Morgan fingerprint density at radius 3 is 2.17 bits per heavy atom. The molecular formula is C16H30N2. The first-order valence-electron chi connectivity index (χ1n) is 8.17. The van der Waals surface area contributed by atoms with Crippen LogP contribution in [0.5, 0.6) is 0 Å². The van der Waals surface area contributed by atoms with Gasteiger partial charge < -0.3 is 11.5 Å². The second kappa shape index (κ2) is 5.13. The molecule has 0 spiro atoms. The first-order valence-corrected chi connectivity index (χ1v) is 8.17. The van der Waals surface area contributed by atoms with Gasteiger partial charge in [-0.1, -0.05) is 0 Å². The lowest BCUT2D eigenvalue weighted by Crippen LogP contribution is -2.52. The normalized spacial score (nSPS) is 45.7. The third-order valence-corrected chi connectivity index (χ3v) is 6.28. The van der Waals surface area contributed by atoms with Crippen molar-refractivity contribution in [2.75, 3.05) is 13.1 Å². The molecule has 18 heavy (non-hydrogen) atoms. The van der Waals surface area contributed by atoms with Crippen LogP contribution < -0.4 is 11.5 Å². The Morgan fingerprint density at radius 1 is 0.889 bits per heavy atom. The Bertz CT molecular complexity index is 275. The lowest BCUT2D eigenvalue weighted by atomic mass is 9.43. The zero-order chi connectivity index (χ0) is 12.6. The third kappa shape index (κ3) is 2.12. The van der Waals surface area contributed by atoms with E-state index in [1.165, 1.54) is 51.4 Å². The fraction of sp³-hybridized carbons (Fsp3) is 1.00. The van der Waals surface area contributed by atoms with Crippen molar-refractivity contribution in [3.05, 3.63) is 0 Å². The van der Waals surface area contributed by atoms with Crippen LogP contribution in [0.25, 0.3) is 0 Å². The van der Waals surface area contributed by atoms with E-state index in [9.17, 15) is 0 Å². The average Bonchev–Trinajstić information content (AvgIpc) is 2.35. The van der Waals surface area contributed by atoms with E-state index in [1.807, 2.05) is 0 Å². The smallest absolute Gasteiger partial charge is 0.00771 e. The van der Waals surface area contributed by atoms with E-state index in [0.29, 0.717) is 5.41 Å². The highest BCUT2D eigenvalue weighted by molar-refractivity contribution is 5.05. The van der Waals surface area contributed by atoms with Crippen molar-refractivity contribution >= 4 is 0 Å². The minimum absolute atomic E-state index is 0.684. The summed E-state index contributed by atoms with van der Waals surface area (Å²) < 4.78 is 0. The summed E-state index contributed by atoms with van der Waals surface area (Å²) in [4.78, 5) is 0. The van der Waals surface area contributed by atoms with Crippen LogP contribution in [-0.2, 0) is 0 Å². The van der Waals surface area contributed by atoms with Gasteiger partial charge in [-0.2, -0.15) is 0 Å². The van der Waals surface area contributed by atoms with Gasteiger partial charge in [-0.05, 0) is 100.0 Å². The Hall–Kier alpha value is -0.0800. The van der Waals surface area contributed by atoms with E-state index in [1.54, 1.807) is 6.42 Å². The Morgan fingerprint density at radius 2 is 1.56 bits per heavy atom. The van der Waals surface area contributed by atoms with E-state index in [4.69, 9.17) is 11.5 Å². The quantitative estimate of drug-likeness (QED) is 0.761. The van der Waals surface area contributed by atoms with E-state index >= 15 is 0 Å². The van der Waals surface area contributed by atoms with Crippen LogP contribution in [0.3, 0.4) is 0 Å². The van der Waals surface area contributed by atoms with E-state index in [-0.39, 0.29) is 0 Å². The summed E-state index contributed by atoms with van der Waals surface area (Å²) in [5, 5.41) is 0. The van der Waals surface area contributed by atoms with Crippen molar-refractivity contribution in [3.63, 3.8) is 0 Å². The fourth-order valence-corrected chi connectivity index (χ4v) is 6.04. The van der Waals surface area contributed by atoms with E-state index in [2.05, 4.69) is 0 Å². The molecule has 0 amide bonds. The maximum Gasteiger partial charge on any atom is -0.00771 e. The maximum absolute atomic E-state index is 5.78. The zero-order valence-corrected chi connectivity index (χ0v) is 11.7. The zero-order valence-electron chi connectivity index (χ0n) is 11.7. The molecule has 4 fully saturated rings. The first-order chi connectivity index (χ1) is 8.77. The second-order valence-corrected chi connectivity index (χ2v) is 7.40. The Kier molecular flexibility index (Phi) is 3.68. The summed E-state index contributed by atoms with van der Waals surface area (Å²) in [6.07, 6.45) is 12.9. The molecule has 0 heterocycles. The van der Waals surface area contributed by atoms with Gasteiger partial charge in [-0.3, -0.25) is 0 Å². The van der Waals surface area contributed by atoms with Crippen molar-refractivity contribution < 1.29 is 0 Å². The highest BCUT2D eigenvalue weighted by Crippen LogP contribution is 2.65. The minimum Gasteiger partial charge on any atom is -0.330 e. The van der Waals surface area contributed by atoms with Crippen molar-refractivity contribution in [1.82, 2.24) is 0 Å². The van der Waals surface area contributed by atoms with Gasteiger partial charge in [0.25, 0.3) is 0 Å². The molecule has 0 aromatic heterocycles. The molecule has 4 aliphatic rings. The van der Waals surface area contributed by atoms with Crippen LogP contribution in [-0.4, -0.2) is 13.1 Å². The number of rotatable bonds is 6. The van der Waals surface area contributed by atoms with Gasteiger partial charge in [0.1, 0.15) is 0 Å². The topological polar surface area (TPSA) is 52.0 Å². The van der Waals surface area contributed by atoms with Crippen LogP contribution in [0.1, 0.15) is 57.8 Å². The monoisotopic (exact) mass is 250 g/mol. The maximum atomic E-state index is 5.78. The molecule has 0 aliphatic heterocycles. The standard InChI is InChI=1S/C16H30N2/c17-5-1-3-15-14-8-12-7-13(9-14)11-16(15,10-12)4-2-6-18/h12-15H,1-11,17-18H2. The predicted molar refractivity (Wildman–Crippen MR) is 76.1 cm³/mol. The summed E-state index contributed by atoms with van der Waals surface area (Å²) in [5.41, 5.74) is 12.2. The molecule has 4 saturated carbocycles. The summed E-state index contributed by atoms with van der Waals surface area (Å²) in [6.45, 7) is 1.76. The Labute approximate surface area is 112 Å². The highest BCUT2D eigenvalue weighted by Gasteiger charge is 2.55. The predicted octanol–water partition coefficient (Wildman–Crippen LogP) is 2.91. The van der Waals surface area contributed by atoms with Crippen molar-refractivity contribution in [2.24, 2.45) is 40.6 Å². The molecule has 0 aromatic carbocycles.